The lowest BCUT2D eigenvalue weighted by atomic mass is 10.1. The van der Waals surface area contributed by atoms with Gasteiger partial charge in [0.05, 0.1) is 52.6 Å². The standard InChI is InChI=1S/C22H26N2O4/c1-26-18-4-5-19(21(14-18)27-2)22(25)24-10-8-23(9-11-24)15-16-3-6-20-17(13-16)7-12-28-20/h3-6,13-14H,7-12,15H2,1-2H3/p+1. The number of nitrogens with one attached hydrogen (secondary N) is 1. The molecule has 2 aliphatic rings. The molecule has 2 aromatic rings. The summed E-state index contributed by atoms with van der Waals surface area (Å²) in [7, 11) is 3.18. The number of hydrogen-bond acceptors (Lipinski definition) is 4. The van der Waals surface area contributed by atoms with Crippen LogP contribution in [0, 0.1) is 0 Å². The number of rotatable bonds is 5. The van der Waals surface area contributed by atoms with Crippen molar-refractivity contribution >= 4 is 5.91 Å². The van der Waals surface area contributed by atoms with E-state index in [1.54, 1.807) is 32.4 Å². The first-order valence-corrected chi connectivity index (χ1v) is 9.77. The van der Waals surface area contributed by atoms with E-state index in [2.05, 4.69) is 18.2 Å². The Bertz CT molecular complexity index is 860. The molecule has 2 aliphatic heterocycles. The predicted molar refractivity (Wildman–Crippen MR) is 105 cm³/mol. The monoisotopic (exact) mass is 383 g/mol. The molecule has 6 nitrogen and oxygen atoms in total. The molecule has 1 N–H and O–H groups in total. The Morgan fingerprint density at radius 1 is 1.11 bits per heavy atom. The summed E-state index contributed by atoms with van der Waals surface area (Å²) in [5.41, 5.74) is 3.25. The minimum atomic E-state index is 0.0215. The van der Waals surface area contributed by atoms with Crippen LogP contribution < -0.4 is 19.1 Å². The van der Waals surface area contributed by atoms with Gasteiger partial charge >= 0.3 is 0 Å². The molecule has 0 unspecified atom stereocenters. The van der Waals surface area contributed by atoms with Gasteiger partial charge in [-0.2, -0.15) is 0 Å². The van der Waals surface area contributed by atoms with Gasteiger partial charge in [0.25, 0.3) is 5.91 Å². The lowest BCUT2D eigenvalue weighted by molar-refractivity contribution is -0.917. The lowest BCUT2D eigenvalue weighted by Crippen LogP contribution is -3.13. The zero-order chi connectivity index (χ0) is 19.5. The Labute approximate surface area is 165 Å². The van der Waals surface area contributed by atoms with Crippen LogP contribution in [0.25, 0.3) is 0 Å². The smallest absolute Gasteiger partial charge is 0.258 e. The average molecular weight is 383 g/mol. The summed E-state index contributed by atoms with van der Waals surface area (Å²) in [6, 6.07) is 11.9. The predicted octanol–water partition coefficient (Wildman–Crippen LogP) is 1.18. The maximum Gasteiger partial charge on any atom is 0.258 e. The van der Waals surface area contributed by atoms with Crippen LogP contribution in [0.15, 0.2) is 36.4 Å². The topological polar surface area (TPSA) is 52.4 Å². The fourth-order valence-electron chi connectivity index (χ4n) is 3.99. The fourth-order valence-corrected chi connectivity index (χ4v) is 3.99. The second-order valence-electron chi connectivity index (χ2n) is 7.33. The molecule has 148 valence electrons. The van der Waals surface area contributed by atoms with Crippen LogP contribution in [0.1, 0.15) is 21.5 Å². The number of nitrogens with zero attached hydrogens (tertiary/aromatic N) is 1. The third kappa shape index (κ3) is 3.78. The molecule has 0 atom stereocenters. The maximum atomic E-state index is 13.0. The third-order valence-corrected chi connectivity index (χ3v) is 5.60. The van der Waals surface area contributed by atoms with Crippen molar-refractivity contribution in [1.29, 1.82) is 0 Å². The molecule has 1 saturated heterocycles. The first-order chi connectivity index (χ1) is 13.7. The Morgan fingerprint density at radius 2 is 1.93 bits per heavy atom. The van der Waals surface area contributed by atoms with Gasteiger partial charge in [-0.3, -0.25) is 4.79 Å². The number of hydrogen-bond donors (Lipinski definition) is 1. The highest BCUT2D eigenvalue weighted by Gasteiger charge is 2.27. The van der Waals surface area contributed by atoms with Gasteiger partial charge < -0.3 is 24.0 Å². The third-order valence-electron chi connectivity index (χ3n) is 5.60. The molecule has 0 aliphatic carbocycles. The second kappa shape index (κ2) is 8.10. The number of carbonyl (C=O) groups excluding carboxylic acids is 1. The van der Waals surface area contributed by atoms with Crippen molar-refractivity contribution in [3.8, 4) is 17.2 Å². The summed E-state index contributed by atoms with van der Waals surface area (Å²) in [5, 5.41) is 0. The Morgan fingerprint density at radius 3 is 2.68 bits per heavy atom. The van der Waals surface area contributed by atoms with Crippen molar-refractivity contribution in [3.05, 3.63) is 53.1 Å². The lowest BCUT2D eigenvalue weighted by Gasteiger charge is -2.32. The van der Waals surface area contributed by atoms with Gasteiger partial charge in [0.2, 0.25) is 0 Å². The summed E-state index contributed by atoms with van der Waals surface area (Å²) in [6.45, 7) is 5.16. The van der Waals surface area contributed by atoms with Crippen LogP contribution in [0.2, 0.25) is 0 Å². The molecule has 6 heteroatoms. The van der Waals surface area contributed by atoms with E-state index in [0.29, 0.717) is 17.1 Å². The quantitative estimate of drug-likeness (QED) is 0.843. The number of ether oxygens (including phenoxy) is 3. The van der Waals surface area contributed by atoms with E-state index in [-0.39, 0.29) is 5.91 Å². The van der Waals surface area contributed by atoms with E-state index >= 15 is 0 Å². The average Bonchev–Trinajstić information content (AvgIpc) is 3.21. The zero-order valence-electron chi connectivity index (χ0n) is 16.5. The van der Waals surface area contributed by atoms with Crippen LogP contribution in [-0.4, -0.2) is 57.8 Å². The molecule has 0 radical (unpaired) electrons. The van der Waals surface area contributed by atoms with Crippen molar-refractivity contribution in [1.82, 2.24) is 4.90 Å². The van der Waals surface area contributed by atoms with E-state index in [9.17, 15) is 4.79 Å². The molecule has 1 amide bonds. The van der Waals surface area contributed by atoms with Crippen molar-refractivity contribution in [2.24, 2.45) is 0 Å². The highest BCUT2D eigenvalue weighted by atomic mass is 16.5. The summed E-state index contributed by atoms with van der Waals surface area (Å²) in [4.78, 5) is 16.4. The van der Waals surface area contributed by atoms with Crippen molar-refractivity contribution in [2.75, 3.05) is 47.0 Å². The van der Waals surface area contributed by atoms with Gasteiger partial charge in [-0.1, -0.05) is 0 Å². The summed E-state index contributed by atoms with van der Waals surface area (Å²) >= 11 is 0. The molecule has 0 saturated carbocycles. The maximum absolute atomic E-state index is 13.0. The number of quaternary nitrogens is 1. The minimum absolute atomic E-state index is 0.0215. The van der Waals surface area contributed by atoms with Crippen LogP contribution in [0.5, 0.6) is 17.2 Å². The fraction of sp³-hybridized carbons (Fsp3) is 0.409. The summed E-state index contributed by atoms with van der Waals surface area (Å²) in [5.74, 6) is 2.29. The van der Waals surface area contributed by atoms with Crippen LogP contribution in [0.4, 0.5) is 0 Å². The molecular formula is C22H27N2O4+. The van der Waals surface area contributed by atoms with E-state index in [1.165, 1.54) is 16.0 Å². The molecule has 4 rings (SSSR count). The van der Waals surface area contributed by atoms with Gasteiger partial charge in [-0.15, -0.1) is 0 Å². The van der Waals surface area contributed by atoms with Crippen molar-refractivity contribution in [3.63, 3.8) is 0 Å². The first-order valence-electron chi connectivity index (χ1n) is 9.77. The second-order valence-corrected chi connectivity index (χ2v) is 7.33. The van der Waals surface area contributed by atoms with E-state index < -0.39 is 0 Å². The Kier molecular flexibility index (Phi) is 5.39. The first kappa shape index (κ1) is 18.6. The number of piperazine rings is 1. The van der Waals surface area contributed by atoms with Gasteiger partial charge in [0, 0.05) is 18.1 Å². The van der Waals surface area contributed by atoms with E-state index in [1.807, 2.05) is 4.90 Å². The summed E-state index contributed by atoms with van der Waals surface area (Å²) < 4.78 is 16.2. The number of amides is 1. The van der Waals surface area contributed by atoms with Gasteiger partial charge in [0.15, 0.2) is 0 Å². The Balaban J connectivity index is 1.37. The molecule has 0 bridgehead atoms. The number of methoxy groups -OCH3 is 2. The zero-order valence-corrected chi connectivity index (χ0v) is 16.5. The Hall–Kier alpha value is -2.73. The number of carbonyl (C=O) groups is 1. The van der Waals surface area contributed by atoms with Gasteiger partial charge in [-0.25, -0.2) is 0 Å². The normalized spacial score (nSPS) is 16.4. The highest BCUT2D eigenvalue weighted by Crippen LogP contribution is 2.26. The highest BCUT2D eigenvalue weighted by molar-refractivity contribution is 5.97. The van der Waals surface area contributed by atoms with E-state index in [0.717, 1.165) is 51.5 Å². The van der Waals surface area contributed by atoms with Gasteiger partial charge in [-0.05, 0) is 35.9 Å². The minimum Gasteiger partial charge on any atom is -0.497 e. The number of fused-ring (bicyclic) bond motifs is 1. The molecule has 2 heterocycles. The SMILES string of the molecule is COc1ccc(C(=O)N2CC[NH+](Cc3ccc4c(c3)CCO4)CC2)c(OC)c1. The molecule has 0 spiro atoms. The molecule has 28 heavy (non-hydrogen) atoms. The van der Waals surface area contributed by atoms with Crippen molar-refractivity contribution in [2.45, 2.75) is 13.0 Å². The molecule has 0 aromatic heterocycles. The molecular weight excluding hydrogens is 356 g/mol. The number of benzene rings is 2. The van der Waals surface area contributed by atoms with Crippen LogP contribution in [-0.2, 0) is 13.0 Å². The van der Waals surface area contributed by atoms with E-state index in [4.69, 9.17) is 14.2 Å². The largest absolute Gasteiger partial charge is 0.497 e. The molecule has 2 aromatic carbocycles. The van der Waals surface area contributed by atoms with Crippen LogP contribution in [0.3, 0.4) is 0 Å². The van der Waals surface area contributed by atoms with Crippen LogP contribution >= 0.6 is 0 Å². The summed E-state index contributed by atoms with van der Waals surface area (Å²) in [6.07, 6.45) is 1.00. The van der Waals surface area contributed by atoms with Crippen molar-refractivity contribution < 1.29 is 23.9 Å². The molecule has 1 fully saturated rings. The van der Waals surface area contributed by atoms with Gasteiger partial charge in [0.1, 0.15) is 23.8 Å².